The third kappa shape index (κ3) is 1.93. The van der Waals surface area contributed by atoms with Crippen molar-refractivity contribution in [3.05, 3.63) is 58.1 Å². The summed E-state index contributed by atoms with van der Waals surface area (Å²) in [6, 6.07) is 11.5. The lowest BCUT2D eigenvalue weighted by atomic mass is 10.0. The van der Waals surface area contributed by atoms with Crippen LogP contribution in [-0.2, 0) is 0 Å². The lowest BCUT2D eigenvalue weighted by Gasteiger charge is -2.06. The number of aromatic hydroxyl groups is 1. The number of carbonyl (C=O) groups excluding carboxylic acids is 1. The van der Waals surface area contributed by atoms with Gasteiger partial charge in [0, 0.05) is 0 Å². The minimum atomic E-state index is -0.690. The molecule has 0 aliphatic rings. The Labute approximate surface area is 102 Å². The number of nitro benzene ring substituents is 1. The van der Waals surface area contributed by atoms with E-state index < -0.39 is 16.4 Å². The zero-order chi connectivity index (χ0) is 13.1. The molecular weight excluding hydrogens is 234 g/mol. The molecule has 0 fully saturated rings. The number of nitro groups is 1. The van der Waals surface area contributed by atoms with E-state index in [1.807, 2.05) is 0 Å². The highest BCUT2D eigenvalue weighted by atomic mass is 16.6. The number of phenols is 1. The largest absolute Gasteiger partial charge is 0.502 e. The number of hydrogen-bond donors (Lipinski definition) is 1. The predicted octanol–water partition coefficient (Wildman–Crippen LogP) is 2.78. The van der Waals surface area contributed by atoms with Gasteiger partial charge in [-0.2, -0.15) is 0 Å². The number of rotatable bonds is 3. The Balaban J connectivity index is 2.73. The Kier molecular flexibility index (Phi) is 3.05. The molecule has 2 rings (SSSR count). The molecule has 2 aromatic carbocycles. The van der Waals surface area contributed by atoms with Crippen LogP contribution in [0.15, 0.2) is 42.5 Å². The highest BCUT2D eigenvalue weighted by Crippen LogP contribution is 2.38. The summed E-state index contributed by atoms with van der Waals surface area (Å²) in [4.78, 5) is 21.0. The molecule has 0 amide bonds. The van der Waals surface area contributed by atoms with Gasteiger partial charge in [0.2, 0.25) is 5.75 Å². The molecule has 0 saturated carbocycles. The van der Waals surface area contributed by atoms with Crippen LogP contribution in [0.1, 0.15) is 10.4 Å². The highest BCUT2D eigenvalue weighted by Gasteiger charge is 2.23. The maximum atomic E-state index is 11.0. The third-order valence-corrected chi connectivity index (χ3v) is 2.58. The highest BCUT2D eigenvalue weighted by molar-refractivity contribution is 5.88. The fraction of sp³-hybridized carbons (Fsp3) is 0. The first kappa shape index (κ1) is 11.8. The summed E-state index contributed by atoms with van der Waals surface area (Å²) in [6.45, 7) is 0. The lowest BCUT2D eigenvalue weighted by Crippen LogP contribution is -1.95. The zero-order valence-electron chi connectivity index (χ0n) is 9.24. The van der Waals surface area contributed by atoms with E-state index in [2.05, 4.69) is 0 Å². The average Bonchev–Trinajstić information content (AvgIpc) is 2.39. The van der Waals surface area contributed by atoms with Gasteiger partial charge in [0.05, 0.1) is 16.1 Å². The molecule has 0 aliphatic heterocycles. The predicted molar refractivity (Wildman–Crippen MR) is 65.6 cm³/mol. The van der Waals surface area contributed by atoms with Gasteiger partial charge >= 0.3 is 5.69 Å². The fourth-order valence-electron chi connectivity index (χ4n) is 1.73. The van der Waals surface area contributed by atoms with Crippen molar-refractivity contribution in [2.75, 3.05) is 0 Å². The summed E-state index contributed by atoms with van der Waals surface area (Å²) in [5, 5.41) is 20.7. The molecule has 0 spiro atoms. The van der Waals surface area contributed by atoms with E-state index in [0.29, 0.717) is 11.8 Å². The molecule has 2 aromatic rings. The first-order valence-corrected chi connectivity index (χ1v) is 5.16. The summed E-state index contributed by atoms with van der Waals surface area (Å²) in [7, 11) is 0. The van der Waals surface area contributed by atoms with E-state index >= 15 is 0 Å². The van der Waals surface area contributed by atoms with Crippen molar-refractivity contribution in [2.45, 2.75) is 0 Å². The second kappa shape index (κ2) is 4.67. The summed E-state index contributed by atoms with van der Waals surface area (Å²) in [6.07, 6.45) is 0.386. The second-order valence-corrected chi connectivity index (χ2v) is 3.64. The van der Waals surface area contributed by atoms with Gasteiger partial charge in [-0.15, -0.1) is 0 Å². The topological polar surface area (TPSA) is 80.4 Å². The minimum absolute atomic E-state index is 0.0959. The number of carbonyl (C=O) groups is 1. The third-order valence-electron chi connectivity index (χ3n) is 2.58. The fourth-order valence-corrected chi connectivity index (χ4v) is 1.73. The maximum absolute atomic E-state index is 11.0. The molecule has 0 heterocycles. The summed E-state index contributed by atoms with van der Waals surface area (Å²) < 4.78 is 0. The molecule has 0 unspecified atom stereocenters. The first-order valence-electron chi connectivity index (χ1n) is 5.16. The Morgan fingerprint density at radius 1 is 1.11 bits per heavy atom. The van der Waals surface area contributed by atoms with Crippen LogP contribution in [0.4, 0.5) is 5.69 Å². The van der Waals surface area contributed by atoms with Crippen molar-refractivity contribution in [1.29, 1.82) is 0 Å². The molecule has 0 radical (unpaired) electrons. The summed E-state index contributed by atoms with van der Waals surface area (Å²) in [5.41, 5.74) is 0.341. The van der Waals surface area contributed by atoms with Crippen molar-refractivity contribution in [3.8, 4) is 16.9 Å². The summed E-state index contributed by atoms with van der Waals surface area (Å²) in [5.74, 6) is -0.601. The van der Waals surface area contributed by atoms with Gasteiger partial charge in [-0.25, -0.2) is 0 Å². The number of phenolic OH excluding ortho intramolecular Hbond substituents is 1. The monoisotopic (exact) mass is 243 g/mol. The minimum Gasteiger partial charge on any atom is -0.502 e. The van der Waals surface area contributed by atoms with Gasteiger partial charge in [-0.05, 0) is 17.7 Å². The molecule has 18 heavy (non-hydrogen) atoms. The van der Waals surface area contributed by atoms with E-state index in [4.69, 9.17) is 0 Å². The van der Waals surface area contributed by atoms with Crippen LogP contribution in [0.2, 0.25) is 0 Å². The van der Waals surface area contributed by atoms with Crippen LogP contribution < -0.4 is 0 Å². The lowest BCUT2D eigenvalue weighted by molar-refractivity contribution is -0.385. The van der Waals surface area contributed by atoms with Crippen molar-refractivity contribution >= 4 is 12.0 Å². The quantitative estimate of drug-likeness (QED) is 0.510. The Morgan fingerprint density at radius 2 is 1.78 bits per heavy atom. The Hall–Kier alpha value is -2.69. The number of aldehydes is 1. The van der Waals surface area contributed by atoms with Crippen LogP contribution in [0.25, 0.3) is 11.1 Å². The van der Waals surface area contributed by atoms with Crippen molar-refractivity contribution in [2.24, 2.45) is 0 Å². The number of nitrogens with zero attached hydrogens (tertiary/aromatic N) is 1. The molecule has 0 aliphatic carbocycles. The van der Waals surface area contributed by atoms with Crippen molar-refractivity contribution in [3.63, 3.8) is 0 Å². The van der Waals surface area contributed by atoms with E-state index in [0.717, 1.165) is 0 Å². The standard InChI is InChI=1S/C13H9NO4/c15-8-10-6-7-11(9-4-2-1-3-5-9)12(13(10)16)14(17)18/h1-8,16H. The van der Waals surface area contributed by atoms with Crippen LogP contribution in [0.3, 0.4) is 0 Å². The molecule has 0 aromatic heterocycles. The molecule has 0 atom stereocenters. The molecular formula is C13H9NO4. The summed E-state index contributed by atoms with van der Waals surface area (Å²) >= 11 is 0. The van der Waals surface area contributed by atoms with Crippen molar-refractivity contribution in [1.82, 2.24) is 0 Å². The van der Waals surface area contributed by atoms with Crippen LogP contribution in [0, 0.1) is 10.1 Å². The van der Waals surface area contributed by atoms with Crippen LogP contribution >= 0.6 is 0 Å². The molecule has 1 N–H and O–H groups in total. The van der Waals surface area contributed by atoms with Crippen LogP contribution in [-0.4, -0.2) is 16.3 Å². The molecule has 5 heteroatoms. The van der Waals surface area contributed by atoms with E-state index in [9.17, 15) is 20.0 Å². The van der Waals surface area contributed by atoms with E-state index in [1.165, 1.54) is 12.1 Å². The maximum Gasteiger partial charge on any atom is 0.319 e. The van der Waals surface area contributed by atoms with Gasteiger partial charge in [-0.3, -0.25) is 14.9 Å². The first-order chi connectivity index (χ1) is 8.65. The van der Waals surface area contributed by atoms with Gasteiger partial charge < -0.3 is 5.11 Å². The van der Waals surface area contributed by atoms with Gasteiger partial charge in [-0.1, -0.05) is 30.3 Å². The zero-order valence-corrected chi connectivity index (χ0v) is 9.24. The van der Waals surface area contributed by atoms with Gasteiger partial charge in [0.15, 0.2) is 6.29 Å². The van der Waals surface area contributed by atoms with Crippen LogP contribution in [0.5, 0.6) is 5.75 Å². The van der Waals surface area contributed by atoms with Gasteiger partial charge in [0.25, 0.3) is 0 Å². The second-order valence-electron chi connectivity index (χ2n) is 3.64. The molecule has 0 saturated heterocycles. The smallest absolute Gasteiger partial charge is 0.319 e. The van der Waals surface area contributed by atoms with E-state index in [1.54, 1.807) is 30.3 Å². The number of benzene rings is 2. The molecule has 90 valence electrons. The normalized spacial score (nSPS) is 10.0. The average molecular weight is 243 g/mol. The van der Waals surface area contributed by atoms with Crippen molar-refractivity contribution < 1.29 is 14.8 Å². The number of hydrogen-bond acceptors (Lipinski definition) is 4. The Morgan fingerprint density at radius 3 is 2.33 bits per heavy atom. The SMILES string of the molecule is O=Cc1ccc(-c2ccccc2)c([N+](=O)[O-])c1O. The Bertz CT molecular complexity index is 608. The molecule has 0 bridgehead atoms. The molecule has 5 nitrogen and oxygen atoms in total. The van der Waals surface area contributed by atoms with E-state index in [-0.39, 0.29) is 11.1 Å². The van der Waals surface area contributed by atoms with Gasteiger partial charge in [0.1, 0.15) is 0 Å².